The summed E-state index contributed by atoms with van der Waals surface area (Å²) < 4.78 is 33.2. The maximum absolute atomic E-state index is 12.8. The van der Waals surface area contributed by atoms with Crippen molar-refractivity contribution in [2.75, 3.05) is 6.54 Å². The molecule has 2 aromatic carbocycles. The van der Waals surface area contributed by atoms with E-state index in [9.17, 15) is 13.2 Å². The van der Waals surface area contributed by atoms with Crippen LogP contribution in [0.5, 0.6) is 0 Å². The molecule has 4 aromatic rings. The maximum atomic E-state index is 12.8. The van der Waals surface area contributed by atoms with E-state index in [1.54, 1.807) is 32.9 Å². The number of benzene rings is 2. The van der Waals surface area contributed by atoms with E-state index in [0.717, 1.165) is 30.8 Å². The standard InChI is InChI=1S/C27H29N5O4S/c1-27(2,3)31-37(34,35)21-11-9-19(10-12-21)26-29-24(30-36-26)22-15-20-17-32(14-13-23(20)28-25(22)33)16-18-7-5-4-6-8-18/h4-12,15,31H,13-14,16-17H2,1-3H3,(H,28,33). The molecule has 0 spiro atoms. The molecule has 1 aliphatic heterocycles. The molecule has 0 saturated heterocycles. The molecule has 0 radical (unpaired) electrons. The molecule has 0 saturated carbocycles. The molecular formula is C27H29N5O4S. The first-order valence-electron chi connectivity index (χ1n) is 12.1. The molecule has 5 rings (SSSR count). The van der Waals surface area contributed by atoms with Crippen molar-refractivity contribution in [2.24, 2.45) is 0 Å². The first-order valence-corrected chi connectivity index (χ1v) is 13.6. The Morgan fingerprint density at radius 1 is 1.08 bits per heavy atom. The van der Waals surface area contributed by atoms with Gasteiger partial charge in [-0.05, 0) is 62.2 Å². The van der Waals surface area contributed by atoms with Crippen LogP contribution in [0.2, 0.25) is 0 Å². The van der Waals surface area contributed by atoms with Gasteiger partial charge in [0.25, 0.3) is 11.4 Å². The number of fused-ring (bicyclic) bond motifs is 1. The van der Waals surface area contributed by atoms with E-state index < -0.39 is 15.6 Å². The molecule has 0 unspecified atom stereocenters. The van der Waals surface area contributed by atoms with E-state index in [-0.39, 0.29) is 22.2 Å². The van der Waals surface area contributed by atoms with Gasteiger partial charge in [-0.1, -0.05) is 35.5 Å². The molecule has 3 heterocycles. The summed E-state index contributed by atoms with van der Waals surface area (Å²) in [6.07, 6.45) is 0.758. The Bertz CT molecular complexity index is 1570. The third-order valence-electron chi connectivity index (χ3n) is 6.06. The van der Waals surface area contributed by atoms with Crippen LogP contribution in [0.3, 0.4) is 0 Å². The number of sulfonamides is 1. The Morgan fingerprint density at radius 2 is 1.81 bits per heavy atom. The Labute approximate surface area is 215 Å². The average molecular weight is 520 g/mol. The molecule has 0 atom stereocenters. The van der Waals surface area contributed by atoms with Crippen LogP contribution in [0.15, 0.2) is 74.9 Å². The molecule has 0 bridgehead atoms. The molecule has 10 heteroatoms. The lowest BCUT2D eigenvalue weighted by atomic mass is 10.0. The van der Waals surface area contributed by atoms with E-state index in [1.165, 1.54) is 17.7 Å². The normalized spacial score (nSPS) is 14.5. The van der Waals surface area contributed by atoms with Gasteiger partial charge in [0.2, 0.25) is 15.8 Å². The lowest BCUT2D eigenvalue weighted by Crippen LogP contribution is -2.40. The predicted octanol–water partition coefficient (Wildman–Crippen LogP) is 3.73. The van der Waals surface area contributed by atoms with Gasteiger partial charge < -0.3 is 9.51 Å². The highest BCUT2D eigenvalue weighted by Gasteiger charge is 2.23. The van der Waals surface area contributed by atoms with Crippen LogP contribution < -0.4 is 10.3 Å². The predicted molar refractivity (Wildman–Crippen MR) is 140 cm³/mol. The van der Waals surface area contributed by atoms with Crippen molar-refractivity contribution in [2.45, 2.75) is 50.7 Å². The number of H-pyrrole nitrogens is 1. The number of aromatic nitrogens is 3. The summed E-state index contributed by atoms with van der Waals surface area (Å²) in [5.74, 6) is 0.385. The van der Waals surface area contributed by atoms with Crippen LogP contribution in [0.25, 0.3) is 22.8 Å². The first kappa shape index (κ1) is 25.1. The van der Waals surface area contributed by atoms with Crippen LogP contribution in [-0.2, 0) is 29.5 Å². The van der Waals surface area contributed by atoms with Crippen molar-refractivity contribution in [1.29, 1.82) is 0 Å². The number of rotatable bonds is 6. The number of hydrogen-bond donors (Lipinski definition) is 2. The van der Waals surface area contributed by atoms with E-state index >= 15 is 0 Å². The molecule has 0 fully saturated rings. The number of hydrogen-bond acceptors (Lipinski definition) is 7. The Balaban J connectivity index is 1.36. The molecule has 37 heavy (non-hydrogen) atoms. The van der Waals surface area contributed by atoms with Gasteiger partial charge in [-0.25, -0.2) is 13.1 Å². The monoisotopic (exact) mass is 519 g/mol. The van der Waals surface area contributed by atoms with E-state index in [1.807, 2.05) is 24.3 Å². The van der Waals surface area contributed by atoms with Gasteiger partial charge in [-0.2, -0.15) is 4.98 Å². The van der Waals surface area contributed by atoms with E-state index in [2.05, 4.69) is 36.9 Å². The minimum absolute atomic E-state index is 0.136. The Hall–Kier alpha value is -3.60. The number of aromatic amines is 1. The molecule has 2 aromatic heterocycles. The van der Waals surface area contributed by atoms with Gasteiger partial charge in [0.15, 0.2) is 0 Å². The topological polar surface area (TPSA) is 121 Å². The fourth-order valence-corrected chi connectivity index (χ4v) is 5.82. The van der Waals surface area contributed by atoms with Gasteiger partial charge in [-0.3, -0.25) is 9.69 Å². The summed E-state index contributed by atoms with van der Waals surface area (Å²) >= 11 is 0. The minimum Gasteiger partial charge on any atom is -0.334 e. The fourth-order valence-electron chi connectivity index (χ4n) is 4.40. The van der Waals surface area contributed by atoms with E-state index in [0.29, 0.717) is 17.7 Å². The van der Waals surface area contributed by atoms with E-state index in [4.69, 9.17) is 4.52 Å². The lowest BCUT2D eigenvalue weighted by Gasteiger charge is -2.28. The van der Waals surface area contributed by atoms with Crippen LogP contribution >= 0.6 is 0 Å². The number of nitrogens with one attached hydrogen (secondary N) is 2. The van der Waals surface area contributed by atoms with Gasteiger partial charge in [0, 0.05) is 42.9 Å². The van der Waals surface area contributed by atoms with Gasteiger partial charge in [-0.15, -0.1) is 0 Å². The van der Waals surface area contributed by atoms with Crippen LogP contribution in [-0.4, -0.2) is 40.5 Å². The van der Waals surface area contributed by atoms with Crippen molar-refractivity contribution in [3.8, 4) is 22.8 Å². The fraction of sp³-hybridized carbons (Fsp3) is 0.296. The van der Waals surface area contributed by atoms with Crippen LogP contribution in [0.1, 0.15) is 37.6 Å². The molecule has 9 nitrogen and oxygen atoms in total. The summed E-state index contributed by atoms with van der Waals surface area (Å²) in [7, 11) is -3.66. The van der Waals surface area contributed by atoms with Gasteiger partial charge in [0.05, 0.1) is 10.5 Å². The second-order valence-electron chi connectivity index (χ2n) is 10.3. The smallest absolute Gasteiger partial charge is 0.259 e. The van der Waals surface area contributed by atoms with Crippen molar-refractivity contribution in [3.63, 3.8) is 0 Å². The summed E-state index contributed by atoms with van der Waals surface area (Å²) in [5, 5.41) is 4.03. The van der Waals surface area contributed by atoms with Crippen molar-refractivity contribution in [1.82, 2.24) is 24.7 Å². The first-order chi connectivity index (χ1) is 17.6. The zero-order valence-corrected chi connectivity index (χ0v) is 21.8. The van der Waals surface area contributed by atoms with Gasteiger partial charge in [0.1, 0.15) is 0 Å². The molecule has 2 N–H and O–H groups in total. The summed E-state index contributed by atoms with van der Waals surface area (Å²) in [5.41, 5.74) is 3.23. The highest BCUT2D eigenvalue weighted by atomic mass is 32.2. The lowest BCUT2D eigenvalue weighted by molar-refractivity contribution is 0.243. The average Bonchev–Trinajstić information content (AvgIpc) is 3.33. The second-order valence-corrected chi connectivity index (χ2v) is 11.9. The second kappa shape index (κ2) is 9.70. The summed E-state index contributed by atoms with van der Waals surface area (Å²) in [6, 6.07) is 18.3. The Kier molecular flexibility index (Phi) is 6.57. The van der Waals surface area contributed by atoms with Crippen molar-refractivity contribution >= 4 is 10.0 Å². The molecular weight excluding hydrogens is 490 g/mol. The SMILES string of the molecule is CC(C)(C)NS(=O)(=O)c1ccc(-c2nc(-c3cc4c([nH]c3=O)CCN(Cc3ccccc3)C4)no2)cc1. The molecule has 192 valence electrons. The Morgan fingerprint density at radius 3 is 2.51 bits per heavy atom. The third kappa shape index (κ3) is 5.71. The highest BCUT2D eigenvalue weighted by molar-refractivity contribution is 7.89. The molecule has 0 aliphatic carbocycles. The molecule has 0 amide bonds. The van der Waals surface area contributed by atoms with Crippen LogP contribution in [0, 0.1) is 0 Å². The highest BCUT2D eigenvalue weighted by Crippen LogP contribution is 2.25. The summed E-state index contributed by atoms with van der Waals surface area (Å²) in [4.78, 5) is 22.7. The quantitative estimate of drug-likeness (QED) is 0.398. The van der Waals surface area contributed by atoms with Crippen molar-refractivity contribution in [3.05, 3.63) is 87.8 Å². The third-order valence-corrected chi connectivity index (χ3v) is 7.83. The summed E-state index contributed by atoms with van der Waals surface area (Å²) in [6.45, 7) is 7.74. The van der Waals surface area contributed by atoms with Crippen LogP contribution in [0.4, 0.5) is 0 Å². The largest absolute Gasteiger partial charge is 0.334 e. The number of nitrogens with zero attached hydrogens (tertiary/aromatic N) is 3. The van der Waals surface area contributed by atoms with Crippen molar-refractivity contribution < 1.29 is 12.9 Å². The zero-order chi connectivity index (χ0) is 26.2. The number of pyridine rings is 1. The zero-order valence-electron chi connectivity index (χ0n) is 21.0. The minimum atomic E-state index is -3.66. The molecule has 1 aliphatic rings. The maximum Gasteiger partial charge on any atom is 0.259 e. The van der Waals surface area contributed by atoms with Gasteiger partial charge >= 0.3 is 0 Å².